The van der Waals surface area contributed by atoms with E-state index in [4.69, 9.17) is 0 Å². The van der Waals surface area contributed by atoms with Crippen molar-refractivity contribution in [2.24, 2.45) is 0 Å². The van der Waals surface area contributed by atoms with Gasteiger partial charge in [-0.05, 0) is 24.1 Å². The van der Waals surface area contributed by atoms with E-state index < -0.39 is 0 Å². The fourth-order valence-electron chi connectivity index (χ4n) is 3.41. The quantitative estimate of drug-likeness (QED) is 0.763. The lowest BCUT2D eigenvalue weighted by Gasteiger charge is -2.34. The summed E-state index contributed by atoms with van der Waals surface area (Å²) in [5, 5.41) is 2.87. The molecule has 0 aliphatic carbocycles. The van der Waals surface area contributed by atoms with E-state index in [-0.39, 0.29) is 22.9 Å². The fraction of sp³-hybridized carbons (Fsp3) is 0.409. The molecule has 3 rings (SSSR count). The van der Waals surface area contributed by atoms with Crippen molar-refractivity contribution in [1.82, 2.24) is 19.7 Å². The highest BCUT2D eigenvalue weighted by Gasteiger charge is 2.25. The summed E-state index contributed by atoms with van der Waals surface area (Å²) in [6.07, 6.45) is 2.62. The van der Waals surface area contributed by atoms with E-state index in [2.05, 4.69) is 5.32 Å². The smallest absolute Gasteiger partial charge is 0.263 e. The number of pyridine rings is 1. The first-order chi connectivity index (χ1) is 14.1. The molecule has 1 aromatic heterocycles. The molecule has 154 valence electrons. The van der Waals surface area contributed by atoms with E-state index in [0.717, 1.165) is 12.0 Å². The molecule has 1 aliphatic heterocycles. The second kappa shape index (κ2) is 10.0. The monoisotopic (exact) mass is 396 g/mol. The Hall–Kier alpha value is -2.93. The largest absolute Gasteiger partial charge is 0.355 e. The van der Waals surface area contributed by atoms with E-state index in [1.807, 2.05) is 42.2 Å². The van der Waals surface area contributed by atoms with Crippen molar-refractivity contribution in [1.29, 1.82) is 0 Å². The molecule has 0 saturated carbocycles. The molecular formula is C22H28N4O3. The Morgan fingerprint density at radius 1 is 1.00 bits per heavy atom. The van der Waals surface area contributed by atoms with Gasteiger partial charge in [-0.3, -0.25) is 19.3 Å². The number of aromatic nitrogens is 1. The number of hydrogen-bond acceptors (Lipinski definition) is 4. The molecule has 0 bridgehead atoms. The number of amides is 2. The van der Waals surface area contributed by atoms with Gasteiger partial charge in [-0.2, -0.15) is 0 Å². The molecule has 1 fully saturated rings. The minimum atomic E-state index is -0.275. The van der Waals surface area contributed by atoms with Crippen LogP contribution in [0.5, 0.6) is 0 Å². The van der Waals surface area contributed by atoms with Gasteiger partial charge in [0.1, 0.15) is 5.56 Å². The molecule has 2 amide bonds. The predicted molar refractivity (Wildman–Crippen MR) is 112 cm³/mol. The lowest BCUT2D eigenvalue weighted by molar-refractivity contribution is -0.122. The highest BCUT2D eigenvalue weighted by atomic mass is 16.2. The topological polar surface area (TPSA) is 74.7 Å². The van der Waals surface area contributed by atoms with Crippen LogP contribution in [0.3, 0.4) is 0 Å². The van der Waals surface area contributed by atoms with E-state index in [9.17, 15) is 14.4 Å². The van der Waals surface area contributed by atoms with Gasteiger partial charge >= 0.3 is 0 Å². The number of benzene rings is 1. The van der Waals surface area contributed by atoms with Crippen LogP contribution in [0, 0.1) is 0 Å². The van der Waals surface area contributed by atoms with Crippen LogP contribution in [0.4, 0.5) is 0 Å². The van der Waals surface area contributed by atoms with Crippen molar-refractivity contribution >= 4 is 11.8 Å². The van der Waals surface area contributed by atoms with Gasteiger partial charge in [0.15, 0.2) is 0 Å². The first-order valence-corrected chi connectivity index (χ1v) is 10.1. The molecule has 1 aromatic carbocycles. The van der Waals surface area contributed by atoms with Crippen molar-refractivity contribution in [3.63, 3.8) is 0 Å². The lowest BCUT2D eigenvalue weighted by Crippen LogP contribution is -2.51. The summed E-state index contributed by atoms with van der Waals surface area (Å²) in [4.78, 5) is 41.3. The summed E-state index contributed by atoms with van der Waals surface area (Å²) in [6.45, 7) is 5.73. The third-order valence-electron chi connectivity index (χ3n) is 5.05. The normalized spacial score (nSPS) is 14.6. The summed E-state index contributed by atoms with van der Waals surface area (Å²) < 4.78 is 1.57. The minimum absolute atomic E-state index is 0.0125. The lowest BCUT2D eigenvalue weighted by atomic mass is 10.2. The zero-order valence-electron chi connectivity index (χ0n) is 16.8. The number of carbonyl (C=O) groups is 2. The third-order valence-corrected chi connectivity index (χ3v) is 5.05. The first kappa shape index (κ1) is 20.8. The predicted octanol–water partition coefficient (Wildman–Crippen LogP) is 1.18. The Balaban J connectivity index is 1.61. The number of hydrogen-bond donors (Lipinski definition) is 1. The average molecular weight is 396 g/mol. The molecule has 7 heteroatoms. The van der Waals surface area contributed by atoms with Gasteiger partial charge in [-0.1, -0.05) is 37.3 Å². The molecule has 0 radical (unpaired) electrons. The van der Waals surface area contributed by atoms with E-state index in [1.54, 1.807) is 27.8 Å². The van der Waals surface area contributed by atoms with Gasteiger partial charge in [0.25, 0.3) is 11.5 Å². The van der Waals surface area contributed by atoms with Gasteiger partial charge in [-0.15, -0.1) is 0 Å². The van der Waals surface area contributed by atoms with Crippen LogP contribution < -0.4 is 10.9 Å². The maximum atomic E-state index is 12.9. The number of carbonyl (C=O) groups excluding carboxylic acids is 2. The molecule has 7 nitrogen and oxygen atoms in total. The molecule has 1 saturated heterocycles. The minimum Gasteiger partial charge on any atom is -0.355 e. The molecule has 2 aromatic rings. The Morgan fingerprint density at radius 3 is 2.41 bits per heavy atom. The molecule has 29 heavy (non-hydrogen) atoms. The van der Waals surface area contributed by atoms with Crippen LogP contribution in [0.25, 0.3) is 0 Å². The van der Waals surface area contributed by atoms with Gasteiger partial charge in [0, 0.05) is 38.9 Å². The third kappa shape index (κ3) is 5.54. The summed E-state index contributed by atoms with van der Waals surface area (Å²) in [6, 6.07) is 13.0. The number of nitrogens with zero attached hydrogens (tertiary/aromatic N) is 3. The second-order valence-electron chi connectivity index (χ2n) is 7.26. The Bertz CT molecular complexity index is 886. The van der Waals surface area contributed by atoms with Crippen LogP contribution in [-0.2, 0) is 11.3 Å². The SMILES string of the molecule is CCCNC(=O)CN1CCN(C(=O)c2cccn(Cc3ccccc3)c2=O)CC1. The van der Waals surface area contributed by atoms with Gasteiger partial charge in [-0.25, -0.2) is 0 Å². The van der Waals surface area contributed by atoms with Crippen LogP contribution in [0.1, 0.15) is 29.3 Å². The van der Waals surface area contributed by atoms with E-state index in [1.165, 1.54) is 0 Å². The van der Waals surface area contributed by atoms with E-state index in [0.29, 0.717) is 45.8 Å². The average Bonchev–Trinajstić information content (AvgIpc) is 2.74. The fourth-order valence-corrected chi connectivity index (χ4v) is 3.41. The van der Waals surface area contributed by atoms with Gasteiger partial charge in [0.2, 0.25) is 5.91 Å². The molecule has 1 N–H and O–H groups in total. The van der Waals surface area contributed by atoms with Crippen molar-refractivity contribution in [3.8, 4) is 0 Å². The standard InChI is InChI=1S/C22H28N4O3/c1-2-10-23-20(27)17-24-12-14-25(15-13-24)21(28)19-9-6-11-26(22(19)29)16-18-7-4-3-5-8-18/h3-9,11H,2,10,12-17H2,1H3,(H,23,27). The summed E-state index contributed by atoms with van der Waals surface area (Å²) >= 11 is 0. The Kier molecular flexibility index (Phi) is 7.19. The zero-order chi connectivity index (χ0) is 20.6. The first-order valence-electron chi connectivity index (χ1n) is 10.1. The van der Waals surface area contributed by atoms with Crippen molar-refractivity contribution in [2.75, 3.05) is 39.3 Å². The highest BCUT2D eigenvalue weighted by molar-refractivity contribution is 5.94. The number of piperazine rings is 1. The summed E-state index contributed by atoms with van der Waals surface area (Å²) in [7, 11) is 0. The Morgan fingerprint density at radius 2 is 1.72 bits per heavy atom. The van der Waals surface area contributed by atoms with Crippen molar-refractivity contribution < 1.29 is 9.59 Å². The number of rotatable bonds is 7. The molecule has 0 atom stereocenters. The van der Waals surface area contributed by atoms with Crippen LogP contribution >= 0.6 is 0 Å². The maximum absolute atomic E-state index is 12.9. The maximum Gasteiger partial charge on any atom is 0.263 e. The zero-order valence-corrected chi connectivity index (χ0v) is 16.8. The summed E-state index contributed by atoms with van der Waals surface area (Å²) in [5.74, 6) is -0.231. The molecule has 0 spiro atoms. The summed E-state index contributed by atoms with van der Waals surface area (Å²) in [5.41, 5.74) is 0.925. The Labute approximate surface area is 170 Å². The van der Waals surface area contributed by atoms with Gasteiger partial charge < -0.3 is 14.8 Å². The highest BCUT2D eigenvalue weighted by Crippen LogP contribution is 2.07. The molecule has 1 aliphatic rings. The number of nitrogens with one attached hydrogen (secondary N) is 1. The van der Waals surface area contributed by atoms with Gasteiger partial charge in [0.05, 0.1) is 13.1 Å². The molecule has 0 unspecified atom stereocenters. The van der Waals surface area contributed by atoms with Crippen molar-refractivity contribution in [3.05, 3.63) is 70.1 Å². The second-order valence-corrected chi connectivity index (χ2v) is 7.26. The van der Waals surface area contributed by atoms with Crippen molar-refractivity contribution in [2.45, 2.75) is 19.9 Å². The molecular weight excluding hydrogens is 368 g/mol. The van der Waals surface area contributed by atoms with E-state index >= 15 is 0 Å². The van der Waals surface area contributed by atoms with Crippen LogP contribution in [0.2, 0.25) is 0 Å². The van der Waals surface area contributed by atoms with Crippen LogP contribution in [-0.4, -0.2) is 65.4 Å². The molecule has 2 heterocycles. The van der Waals surface area contributed by atoms with Crippen LogP contribution in [0.15, 0.2) is 53.5 Å².